The van der Waals surface area contributed by atoms with E-state index in [0.717, 1.165) is 10.6 Å². The number of ether oxygens (including phenoxy) is 1. The summed E-state index contributed by atoms with van der Waals surface area (Å²) in [7, 11) is -2.65. The van der Waals surface area contributed by atoms with Crippen molar-refractivity contribution in [3.63, 3.8) is 0 Å². The number of rotatable bonds is 6. The summed E-state index contributed by atoms with van der Waals surface area (Å²) in [4.78, 5) is 24.2. The van der Waals surface area contributed by atoms with Crippen LogP contribution in [0.15, 0.2) is 48.5 Å². The average Bonchev–Trinajstić information content (AvgIpc) is 2.58. The first-order valence-electron chi connectivity index (χ1n) is 7.43. The van der Waals surface area contributed by atoms with Crippen LogP contribution in [-0.4, -0.2) is 40.2 Å². The summed E-state index contributed by atoms with van der Waals surface area (Å²) >= 11 is 5.87. The Morgan fingerprint density at radius 2 is 1.85 bits per heavy atom. The fourth-order valence-corrected chi connectivity index (χ4v) is 3.31. The maximum absolute atomic E-state index is 12.3. The molecule has 0 atom stereocenters. The second-order valence-electron chi connectivity index (χ2n) is 5.34. The van der Waals surface area contributed by atoms with E-state index in [9.17, 15) is 18.0 Å². The fourth-order valence-electron chi connectivity index (χ4n) is 2.25. The van der Waals surface area contributed by atoms with Crippen LogP contribution in [0, 0.1) is 0 Å². The minimum atomic E-state index is -3.84. The Kier molecular flexibility index (Phi) is 6.23. The van der Waals surface area contributed by atoms with Gasteiger partial charge in [0.25, 0.3) is 0 Å². The van der Waals surface area contributed by atoms with E-state index in [0.29, 0.717) is 10.7 Å². The van der Waals surface area contributed by atoms with Crippen molar-refractivity contribution in [2.24, 2.45) is 0 Å². The third kappa shape index (κ3) is 4.96. The van der Waals surface area contributed by atoms with Crippen LogP contribution in [-0.2, 0) is 19.6 Å². The van der Waals surface area contributed by atoms with Crippen LogP contribution in [0.4, 0.5) is 11.4 Å². The molecule has 0 saturated heterocycles. The van der Waals surface area contributed by atoms with Crippen LogP contribution < -0.4 is 9.62 Å². The molecule has 0 aliphatic heterocycles. The van der Waals surface area contributed by atoms with Crippen molar-refractivity contribution in [2.75, 3.05) is 29.5 Å². The van der Waals surface area contributed by atoms with E-state index in [2.05, 4.69) is 10.1 Å². The maximum Gasteiger partial charge on any atom is 0.340 e. The number of hydrogen-bond acceptors (Lipinski definition) is 5. The van der Waals surface area contributed by atoms with Crippen molar-refractivity contribution in [1.82, 2.24) is 0 Å². The lowest BCUT2D eigenvalue weighted by Crippen LogP contribution is -2.38. The highest BCUT2D eigenvalue weighted by atomic mass is 35.5. The molecule has 0 saturated carbocycles. The number of carbonyl (C=O) groups excluding carboxylic acids is 2. The maximum atomic E-state index is 12.3. The lowest BCUT2D eigenvalue weighted by Gasteiger charge is -2.23. The summed E-state index contributed by atoms with van der Waals surface area (Å²) in [5.74, 6) is -1.29. The van der Waals surface area contributed by atoms with E-state index in [1.54, 1.807) is 30.3 Å². The van der Waals surface area contributed by atoms with E-state index in [1.165, 1.54) is 25.3 Å². The van der Waals surface area contributed by atoms with Gasteiger partial charge in [-0.15, -0.1) is 0 Å². The van der Waals surface area contributed by atoms with Gasteiger partial charge < -0.3 is 10.1 Å². The summed E-state index contributed by atoms with van der Waals surface area (Å²) in [6, 6.07) is 12.4. The molecule has 2 aromatic carbocycles. The second-order valence-corrected chi connectivity index (χ2v) is 7.68. The molecule has 1 amide bonds. The average molecular weight is 397 g/mol. The first-order chi connectivity index (χ1) is 12.2. The van der Waals surface area contributed by atoms with Crippen molar-refractivity contribution >= 4 is 44.9 Å². The van der Waals surface area contributed by atoms with Crippen LogP contribution in [0.1, 0.15) is 10.4 Å². The molecule has 0 spiro atoms. The molecule has 2 rings (SSSR count). The Bertz CT molecular complexity index is 930. The Morgan fingerprint density at radius 1 is 1.15 bits per heavy atom. The third-order valence-electron chi connectivity index (χ3n) is 3.37. The Labute approximate surface area is 156 Å². The summed E-state index contributed by atoms with van der Waals surface area (Å²) in [6.07, 6.45) is 0.952. The predicted octanol–water partition coefficient (Wildman–Crippen LogP) is 2.53. The number of sulfonamides is 1. The number of hydrogen-bond donors (Lipinski definition) is 1. The van der Waals surface area contributed by atoms with Gasteiger partial charge in [0, 0.05) is 10.7 Å². The molecule has 26 heavy (non-hydrogen) atoms. The highest BCUT2D eigenvalue weighted by Gasteiger charge is 2.25. The van der Waals surface area contributed by atoms with Crippen LogP contribution >= 0.6 is 11.6 Å². The molecular formula is C17H17ClN2O5S. The molecule has 9 heteroatoms. The zero-order valence-corrected chi connectivity index (χ0v) is 15.7. The topological polar surface area (TPSA) is 92.8 Å². The van der Waals surface area contributed by atoms with Crippen molar-refractivity contribution in [3.05, 3.63) is 59.1 Å². The van der Waals surface area contributed by atoms with E-state index >= 15 is 0 Å². The van der Waals surface area contributed by atoms with E-state index in [1.807, 2.05) is 0 Å². The first-order valence-corrected chi connectivity index (χ1v) is 9.65. The lowest BCUT2D eigenvalue weighted by molar-refractivity contribution is -0.114. The van der Waals surface area contributed by atoms with Crippen molar-refractivity contribution in [1.29, 1.82) is 0 Å². The van der Waals surface area contributed by atoms with Gasteiger partial charge in [-0.05, 0) is 30.3 Å². The molecule has 2 aromatic rings. The van der Waals surface area contributed by atoms with Gasteiger partial charge in [0.2, 0.25) is 15.9 Å². The molecule has 0 fully saturated rings. The lowest BCUT2D eigenvalue weighted by atomic mass is 10.2. The number of halogens is 1. The number of nitrogens with one attached hydrogen (secondary N) is 1. The molecule has 0 radical (unpaired) electrons. The molecule has 0 unspecified atom stereocenters. The Hall–Kier alpha value is -2.58. The number of amides is 1. The fraction of sp³-hybridized carbons (Fsp3) is 0.176. The van der Waals surface area contributed by atoms with Crippen molar-refractivity contribution < 1.29 is 22.7 Å². The van der Waals surface area contributed by atoms with Gasteiger partial charge in [-0.25, -0.2) is 13.2 Å². The Morgan fingerprint density at radius 3 is 2.46 bits per heavy atom. The van der Waals surface area contributed by atoms with E-state index in [-0.39, 0.29) is 11.3 Å². The van der Waals surface area contributed by atoms with Crippen LogP contribution in [0.25, 0.3) is 0 Å². The van der Waals surface area contributed by atoms with Gasteiger partial charge in [-0.3, -0.25) is 9.10 Å². The monoisotopic (exact) mass is 396 g/mol. The van der Waals surface area contributed by atoms with E-state index in [4.69, 9.17) is 11.6 Å². The first kappa shape index (κ1) is 19.7. The zero-order valence-electron chi connectivity index (χ0n) is 14.1. The Balaban J connectivity index is 2.32. The number of anilines is 2. The highest BCUT2D eigenvalue weighted by molar-refractivity contribution is 7.92. The normalized spacial score (nSPS) is 10.9. The van der Waals surface area contributed by atoms with Crippen molar-refractivity contribution in [2.45, 2.75) is 0 Å². The third-order valence-corrected chi connectivity index (χ3v) is 4.74. The summed E-state index contributed by atoms with van der Waals surface area (Å²) in [6.45, 7) is -0.515. The molecule has 0 heterocycles. The van der Waals surface area contributed by atoms with Crippen LogP contribution in [0.3, 0.4) is 0 Å². The number of benzene rings is 2. The molecular weight excluding hydrogens is 380 g/mol. The van der Waals surface area contributed by atoms with Gasteiger partial charge in [-0.1, -0.05) is 29.8 Å². The predicted molar refractivity (Wildman–Crippen MR) is 100 cm³/mol. The van der Waals surface area contributed by atoms with Crippen LogP contribution in [0.5, 0.6) is 0 Å². The molecule has 7 nitrogen and oxygen atoms in total. The number of methoxy groups -OCH3 is 1. The molecule has 0 aromatic heterocycles. The number of esters is 1. The van der Waals surface area contributed by atoms with Gasteiger partial charge >= 0.3 is 5.97 Å². The summed E-state index contributed by atoms with van der Waals surface area (Å²) < 4.78 is 29.9. The minimum Gasteiger partial charge on any atom is -0.465 e. The van der Waals surface area contributed by atoms with Gasteiger partial charge in [0.15, 0.2) is 0 Å². The number of nitrogens with zero attached hydrogens (tertiary/aromatic N) is 1. The quantitative estimate of drug-likeness (QED) is 0.757. The van der Waals surface area contributed by atoms with Gasteiger partial charge in [0.05, 0.1) is 24.6 Å². The largest absolute Gasteiger partial charge is 0.465 e. The summed E-state index contributed by atoms with van der Waals surface area (Å²) in [5.41, 5.74) is 0.524. The molecule has 0 aliphatic rings. The zero-order chi connectivity index (χ0) is 19.3. The SMILES string of the molecule is COC(=O)c1ccccc1N(CC(=O)Nc1cccc(Cl)c1)S(C)(=O)=O. The molecule has 0 aliphatic carbocycles. The summed E-state index contributed by atoms with van der Waals surface area (Å²) in [5, 5.41) is 3.00. The molecule has 1 N–H and O–H groups in total. The second kappa shape index (κ2) is 8.20. The van der Waals surface area contributed by atoms with Crippen LogP contribution in [0.2, 0.25) is 5.02 Å². The number of carbonyl (C=O) groups is 2. The van der Waals surface area contributed by atoms with E-state index < -0.39 is 28.4 Å². The molecule has 138 valence electrons. The minimum absolute atomic E-state index is 0.0379. The smallest absolute Gasteiger partial charge is 0.340 e. The van der Waals surface area contributed by atoms with Gasteiger partial charge in [0.1, 0.15) is 6.54 Å². The van der Waals surface area contributed by atoms with Gasteiger partial charge in [-0.2, -0.15) is 0 Å². The highest BCUT2D eigenvalue weighted by Crippen LogP contribution is 2.24. The molecule has 0 bridgehead atoms. The van der Waals surface area contributed by atoms with Crippen molar-refractivity contribution in [3.8, 4) is 0 Å². The standard InChI is InChI=1S/C17H17ClN2O5S/c1-25-17(22)14-8-3-4-9-15(14)20(26(2,23)24)11-16(21)19-13-7-5-6-12(18)10-13/h3-10H,11H2,1-2H3,(H,19,21). The number of para-hydroxylation sites is 1.